The molecule has 100 valence electrons. The van der Waals surface area contributed by atoms with E-state index in [0.717, 1.165) is 0 Å². The molecule has 0 aliphatic carbocycles. The summed E-state index contributed by atoms with van der Waals surface area (Å²) in [5.74, 6) is 0.341. The molecule has 1 fully saturated rings. The topological polar surface area (TPSA) is 83.6 Å². The summed E-state index contributed by atoms with van der Waals surface area (Å²) in [7, 11) is -2.87. The van der Waals surface area contributed by atoms with Crippen LogP contribution in [0.2, 0.25) is 0 Å². The maximum atomic E-state index is 11.3. The fraction of sp³-hybridized carbons (Fsp3) is 0.500. The van der Waals surface area contributed by atoms with Crippen LogP contribution in [0, 0.1) is 0 Å². The van der Waals surface area contributed by atoms with Gasteiger partial charge in [0.15, 0.2) is 9.84 Å². The van der Waals surface area contributed by atoms with Crippen molar-refractivity contribution in [3.63, 3.8) is 0 Å². The second-order valence-corrected chi connectivity index (χ2v) is 6.90. The van der Waals surface area contributed by atoms with Crippen molar-refractivity contribution in [2.75, 3.05) is 36.9 Å². The number of hydrogen-bond donors (Lipinski definition) is 2. The smallest absolute Gasteiger partial charge is 0.152 e. The Morgan fingerprint density at radius 3 is 2.50 bits per heavy atom. The first kappa shape index (κ1) is 13.3. The standard InChI is InChI=1S/C12H18N2O3S/c13-11-4-2-1-3-10(11)12(15)9-14-5-7-18(16,17)8-6-14/h1-4,12,15H,5-9,13H2. The zero-order valence-corrected chi connectivity index (χ0v) is 10.9. The van der Waals surface area contributed by atoms with E-state index in [1.807, 2.05) is 17.0 Å². The molecular formula is C12H18N2O3S. The van der Waals surface area contributed by atoms with Gasteiger partial charge in [0.1, 0.15) is 0 Å². The van der Waals surface area contributed by atoms with Crippen LogP contribution >= 0.6 is 0 Å². The number of anilines is 1. The molecule has 0 bridgehead atoms. The predicted molar refractivity (Wildman–Crippen MR) is 70.9 cm³/mol. The first-order chi connectivity index (χ1) is 8.48. The van der Waals surface area contributed by atoms with Crippen LogP contribution in [0.25, 0.3) is 0 Å². The first-order valence-corrected chi connectivity index (χ1v) is 7.75. The molecule has 1 unspecified atom stereocenters. The van der Waals surface area contributed by atoms with Crippen LogP contribution in [0.5, 0.6) is 0 Å². The van der Waals surface area contributed by atoms with E-state index in [9.17, 15) is 13.5 Å². The highest BCUT2D eigenvalue weighted by molar-refractivity contribution is 7.91. The van der Waals surface area contributed by atoms with Crippen molar-refractivity contribution in [1.82, 2.24) is 4.90 Å². The van der Waals surface area contributed by atoms with E-state index in [1.165, 1.54) is 0 Å². The Labute approximate surface area is 107 Å². The number of aliphatic hydroxyl groups is 1. The number of benzene rings is 1. The van der Waals surface area contributed by atoms with Gasteiger partial charge in [-0.2, -0.15) is 0 Å². The summed E-state index contributed by atoms with van der Waals surface area (Å²) >= 11 is 0. The molecule has 1 aliphatic heterocycles. The zero-order chi connectivity index (χ0) is 13.2. The van der Waals surface area contributed by atoms with Crippen LogP contribution in [0.3, 0.4) is 0 Å². The lowest BCUT2D eigenvalue weighted by atomic mass is 10.1. The normalized spacial score (nSPS) is 21.6. The Bertz CT molecular complexity index is 502. The average molecular weight is 270 g/mol. The molecular weight excluding hydrogens is 252 g/mol. The number of sulfone groups is 1. The van der Waals surface area contributed by atoms with Gasteiger partial charge >= 0.3 is 0 Å². The Balaban J connectivity index is 1.97. The summed E-state index contributed by atoms with van der Waals surface area (Å²) in [6, 6.07) is 7.19. The van der Waals surface area contributed by atoms with Crippen LogP contribution in [-0.2, 0) is 9.84 Å². The van der Waals surface area contributed by atoms with E-state index in [-0.39, 0.29) is 11.5 Å². The van der Waals surface area contributed by atoms with Gasteiger partial charge in [-0.25, -0.2) is 8.42 Å². The second-order valence-electron chi connectivity index (χ2n) is 4.60. The molecule has 1 aliphatic rings. The maximum Gasteiger partial charge on any atom is 0.152 e. The minimum atomic E-state index is -2.87. The third-order valence-corrected chi connectivity index (χ3v) is 4.83. The molecule has 1 atom stereocenters. The lowest BCUT2D eigenvalue weighted by Crippen LogP contribution is -2.42. The number of nitrogen functional groups attached to an aromatic ring is 1. The number of para-hydroxylation sites is 1. The van der Waals surface area contributed by atoms with Gasteiger partial charge in [0.05, 0.1) is 17.6 Å². The SMILES string of the molecule is Nc1ccccc1C(O)CN1CCS(=O)(=O)CC1. The maximum absolute atomic E-state index is 11.3. The van der Waals surface area contributed by atoms with Gasteiger partial charge in [0, 0.05) is 30.9 Å². The predicted octanol–water partition coefficient (Wildman–Crippen LogP) is 0.0326. The number of nitrogens with zero attached hydrogens (tertiary/aromatic N) is 1. The Kier molecular flexibility index (Phi) is 3.89. The number of rotatable bonds is 3. The summed E-state index contributed by atoms with van der Waals surface area (Å²) in [6.45, 7) is 1.38. The number of aliphatic hydroxyl groups excluding tert-OH is 1. The largest absolute Gasteiger partial charge is 0.398 e. The molecule has 1 heterocycles. The summed E-state index contributed by atoms with van der Waals surface area (Å²) < 4.78 is 22.6. The van der Waals surface area contributed by atoms with Gasteiger partial charge in [0.25, 0.3) is 0 Å². The summed E-state index contributed by atoms with van der Waals surface area (Å²) in [5.41, 5.74) is 7.06. The van der Waals surface area contributed by atoms with Gasteiger partial charge in [-0.3, -0.25) is 4.90 Å². The highest BCUT2D eigenvalue weighted by Gasteiger charge is 2.23. The van der Waals surface area contributed by atoms with Crippen LogP contribution in [-0.4, -0.2) is 49.6 Å². The second kappa shape index (κ2) is 5.26. The van der Waals surface area contributed by atoms with E-state index in [2.05, 4.69) is 0 Å². The lowest BCUT2D eigenvalue weighted by Gasteiger charge is -2.28. The number of hydrogen-bond acceptors (Lipinski definition) is 5. The lowest BCUT2D eigenvalue weighted by molar-refractivity contribution is 0.118. The molecule has 2 rings (SSSR count). The van der Waals surface area contributed by atoms with Crippen LogP contribution in [0.4, 0.5) is 5.69 Å². The monoisotopic (exact) mass is 270 g/mol. The molecule has 0 aromatic heterocycles. The van der Waals surface area contributed by atoms with Crippen LogP contribution in [0.1, 0.15) is 11.7 Å². The minimum Gasteiger partial charge on any atom is -0.398 e. The molecule has 1 aromatic carbocycles. The van der Waals surface area contributed by atoms with Gasteiger partial charge in [-0.15, -0.1) is 0 Å². The Hall–Kier alpha value is -1.11. The summed E-state index contributed by atoms with van der Waals surface area (Å²) in [5, 5.41) is 10.1. The third kappa shape index (κ3) is 3.22. The van der Waals surface area contributed by atoms with Crippen molar-refractivity contribution in [2.45, 2.75) is 6.10 Å². The molecule has 6 heteroatoms. The molecule has 0 spiro atoms. The highest BCUT2D eigenvalue weighted by Crippen LogP contribution is 2.21. The molecule has 0 saturated carbocycles. The Morgan fingerprint density at radius 1 is 1.28 bits per heavy atom. The van der Waals surface area contributed by atoms with E-state index >= 15 is 0 Å². The molecule has 5 nitrogen and oxygen atoms in total. The third-order valence-electron chi connectivity index (χ3n) is 3.22. The minimum absolute atomic E-state index is 0.171. The molecule has 1 saturated heterocycles. The van der Waals surface area contributed by atoms with Gasteiger partial charge in [0.2, 0.25) is 0 Å². The van der Waals surface area contributed by atoms with Crippen LogP contribution < -0.4 is 5.73 Å². The van der Waals surface area contributed by atoms with Crippen molar-refractivity contribution in [3.8, 4) is 0 Å². The van der Waals surface area contributed by atoms with Gasteiger partial charge in [-0.1, -0.05) is 18.2 Å². The number of nitrogens with two attached hydrogens (primary N) is 1. The summed E-state index contributed by atoms with van der Waals surface area (Å²) in [6.07, 6.45) is -0.674. The Morgan fingerprint density at radius 2 is 1.89 bits per heavy atom. The quantitative estimate of drug-likeness (QED) is 0.757. The van der Waals surface area contributed by atoms with Crippen molar-refractivity contribution < 1.29 is 13.5 Å². The number of β-amino-alcohol motifs (C(OH)–C–C–N with tert-alkyl or cyclic N) is 1. The van der Waals surface area contributed by atoms with Crippen molar-refractivity contribution in [2.24, 2.45) is 0 Å². The molecule has 0 amide bonds. The van der Waals surface area contributed by atoms with Crippen LogP contribution in [0.15, 0.2) is 24.3 Å². The van der Waals surface area contributed by atoms with Crippen molar-refractivity contribution in [3.05, 3.63) is 29.8 Å². The van der Waals surface area contributed by atoms with Gasteiger partial charge < -0.3 is 10.8 Å². The zero-order valence-electron chi connectivity index (χ0n) is 10.1. The first-order valence-electron chi connectivity index (χ1n) is 5.93. The van der Waals surface area contributed by atoms with E-state index in [0.29, 0.717) is 30.9 Å². The molecule has 1 aromatic rings. The summed E-state index contributed by atoms with van der Waals surface area (Å²) in [4.78, 5) is 1.96. The molecule has 18 heavy (non-hydrogen) atoms. The van der Waals surface area contributed by atoms with E-state index in [4.69, 9.17) is 5.73 Å². The van der Waals surface area contributed by atoms with Gasteiger partial charge in [-0.05, 0) is 6.07 Å². The highest BCUT2D eigenvalue weighted by atomic mass is 32.2. The van der Waals surface area contributed by atoms with Crippen molar-refractivity contribution >= 4 is 15.5 Å². The van der Waals surface area contributed by atoms with Crippen molar-refractivity contribution in [1.29, 1.82) is 0 Å². The molecule has 0 radical (unpaired) electrons. The average Bonchev–Trinajstić information content (AvgIpc) is 2.32. The van der Waals surface area contributed by atoms with E-state index < -0.39 is 15.9 Å². The van der Waals surface area contributed by atoms with E-state index in [1.54, 1.807) is 12.1 Å². The fourth-order valence-electron chi connectivity index (χ4n) is 2.09. The molecule has 3 N–H and O–H groups in total. The fourth-order valence-corrected chi connectivity index (χ4v) is 3.37.